The molecule has 1 saturated heterocycles. The summed E-state index contributed by atoms with van der Waals surface area (Å²) in [7, 11) is 0. The second kappa shape index (κ2) is 4.44. The van der Waals surface area contributed by atoms with Crippen molar-refractivity contribution in [3.8, 4) is 5.88 Å². The quantitative estimate of drug-likeness (QED) is 0.749. The van der Waals surface area contributed by atoms with E-state index in [2.05, 4.69) is 15.3 Å². The van der Waals surface area contributed by atoms with E-state index in [0.29, 0.717) is 18.8 Å². The van der Waals surface area contributed by atoms with Crippen LogP contribution in [-0.2, 0) is 4.79 Å². The van der Waals surface area contributed by atoms with Gasteiger partial charge in [0.1, 0.15) is 18.5 Å². The van der Waals surface area contributed by atoms with Gasteiger partial charge in [-0.1, -0.05) is 0 Å². The van der Waals surface area contributed by atoms with Gasteiger partial charge in [0.05, 0.1) is 0 Å². The van der Waals surface area contributed by atoms with Crippen molar-refractivity contribution in [2.24, 2.45) is 0 Å². The fourth-order valence-corrected chi connectivity index (χ4v) is 1.65. The van der Waals surface area contributed by atoms with Gasteiger partial charge in [-0.25, -0.2) is 9.97 Å². The Labute approximate surface area is 92.7 Å². The van der Waals surface area contributed by atoms with E-state index in [9.17, 15) is 4.79 Å². The lowest BCUT2D eigenvalue weighted by atomic mass is 10.2. The summed E-state index contributed by atoms with van der Waals surface area (Å²) in [5.74, 6) is -0.352. The number of aryl methyl sites for hydroxylation is 1. The Bertz CT molecular complexity index is 397. The standard InChI is InChI=1S/C10H13N3O3/c1-6-2-9(13-5-12-6)16-7-3-8(10(14)15)11-4-7/h2,5,7-8,11H,3-4H2,1H3,(H,14,15). The summed E-state index contributed by atoms with van der Waals surface area (Å²) in [5, 5.41) is 11.7. The van der Waals surface area contributed by atoms with E-state index < -0.39 is 12.0 Å². The van der Waals surface area contributed by atoms with Gasteiger partial charge in [-0.05, 0) is 6.92 Å². The third-order valence-electron chi connectivity index (χ3n) is 2.45. The van der Waals surface area contributed by atoms with E-state index in [4.69, 9.17) is 9.84 Å². The molecule has 6 heteroatoms. The molecule has 0 spiro atoms. The molecule has 1 aromatic heterocycles. The number of carboxylic acid groups (broad SMARTS) is 1. The molecule has 1 fully saturated rings. The van der Waals surface area contributed by atoms with Gasteiger partial charge in [-0.15, -0.1) is 0 Å². The van der Waals surface area contributed by atoms with Crippen LogP contribution in [0.25, 0.3) is 0 Å². The molecule has 0 saturated carbocycles. The molecule has 0 amide bonds. The van der Waals surface area contributed by atoms with Crippen LogP contribution in [0.2, 0.25) is 0 Å². The maximum Gasteiger partial charge on any atom is 0.320 e. The largest absolute Gasteiger partial charge is 0.480 e. The Morgan fingerprint density at radius 2 is 2.44 bits per heavy atom. The van der Waals surface area contributed by atoms with Crippen molar-refractivity contribution in [3.05, 3.63) is 18.1 Å². The van der Waals surface area contributed by atoms with Crippen molar-refractivity contribution < 1.29 is 14.6 Å². The number of hydrogen-bond donors (Lipinski definition) is 2. The predicted molar refractivity (Wildman–Crippen MR) is 55.2 cm³/mol. The molecule has 1 aromatic rings. The van der Waals surface area contributed by atoms with Crippen molar-refractivity contribution in [2.75, 3.05) is 6.54 Å². The summed E-state index contributed by atoms with van der Waals surface area (Å²) in [5.41, 5.74) is 0.825. The number of hydrogen-bond acceptors (Lipinski definition) is 5. The maximum absolute atomic E-state index is 10.7. The third-order valence-corrected chi connectivity index (χ3v) is 2.45. The highest BCUT2D eigenvalue weighted by Gasteiger charge is 2.30. The zero-order valence-electron chi connectivity index (χ0n) is 8.88. The molecule has 16 heavy (non-hydrogen) atoms. The molecule has 1 aliphatic rings. The van der Waals surface area contributed by atoms with Gasteiger partial charge >= 0.3 is 5.97 Å². The number of carboxylic acids is 1. The molecule has 0 aliphatic carbocycles. The Hall–Kier alpha value is -1.69. The summed E-state index contributed by atoms with van der Waals surface area (Å²) in [6, 6.07) is 1.21. The van der Waals surface area contributed by atoms with Crippen LogP contribution in [0, 0.1) is 6.92 Å². The van der Waals surface area contributed by atoms with Gasteiger partial charge in [0.15, 0.2) is 0 Å². The molecule has 0 aromatic carbocycles. The Kier molecular flexibility index (Phi) is 3.00. The second-order valence-electron chi connectivity index (χ2n) is 3.77. The average molecular weight is 223 g/mol. The molecule has 2 unspecified atom stereocenters. The molecule has 2 rings (SSSR count). The lowest BCUT2D eigenvalue weighted by molar-refractivity contribution is -0.139. The first-order valence-electron chi connectivity index (χ1n) is 5.06. The van der Waals surface area contributed by atoms with E-state index in [1.54, 1.807) is 6.07 Å². The molecule has 6 nitrogen and oxygen atoms in total. The van der Waals surface area contributed by atoms with Gasteiger partial charge < -0.3 is 15.2 Å². The first kappa shape index (κ1) is 10.8. The number of nitrogens with one attached hydrogen (secondary N) is 1. The van der Waals surface area contributed by atoms with Crippen molar-refractivity contribution in [1.82, 2.24) is 15.3 Å². The highest BCUT2D eigenvalue weighted by atomic mass is 16.5. The number of nitrogens with zero attached hydrogens (tertiary/aromatic N) is 2. The van der Waals surface area contributed by atoms with Crippen LogP contribution in [0.3, 0.4) is 0 Å². The van der Waals surface area contributed by atoms with Crippen LogP contribution in [0.4, 0.5) is 0 Å². The Morgan fingerprint density at radius 3 is 3.06 bits per heavy atom. The zero-order chi connectivity index (χ0) is 11.5. The predicted octanol–water partition coefficient (Wildman–Crippen LogP) is -0.0211. The molecule has 0 bridgehead atoms. The number of aromatic nitrogens is 2. The van der Waals surface area contributed by atoms with E-state index in [1.807, 2.05) is 6.92 Å². The minimum absolute atomic E-state index is 0.143. The van der Waals surface area contributed by atoms with Crippen molar-refractivity contribution in [2.45, 2.75) is 25.5 Å². The van der Waals surface area contributed by atoms with E-state index in [-0.39, 0.29) is 6.10 Å². The number of carbonyl (C=O) groups is 1. The minimum Gasteiger partial charge on any atom is -0.480 e. The molecule has 2 heterocycles. The fraction of sp³-hybridized carbons (Fsp3) is 0.500. The highest BCUT2D eigenvalue weighted by Crippen LogP contribution is 2.15. The normalized spacial score (nSPS) is 24.3. The van der Waals surface area contributed by atoms with Crippen LogP contribution in [0.1, 0.15) is 12.1 Å². The first-order valence-corrected chi connectivity index (χ1v) is 5.06. The number of aliphatic carboxylic acids is 1. The smallest absolute Gasteiger partial charge is 0.320 e. The SMILES string of the molecule is Cc1cc(OC2CNC(C(=O)O)C2)ncn1. The molecule has 2 N–H and O–H groups in total. The number of ether oxygens (including phenoxy) is 1. The summed E-state index contributed by atoms with van der Waals surface area (Å²) >= 11 is 0. The third kappa shape index (κ3) is 2.46. The highest BCUT2D eigenvalue weighted by molar-refractivity contribution is 5.73. The number of rotatable bonds is 3. The first-order chi connectivity index (χ1) is 7.65. The maximum atomic E-state index is 10.7. The van der Waals surface area contributed by atoms with Gasteiger partial charge in [-0.2, -0.15) is 0 Å². The molecule has 1 aliphatic heterocycles. The second-order valence-corrected chi connectivity index (χ2v) is 3.77. The van der Waals surface area contributed by atoms with E-state index in [1.165, 1.54) is 6.33 Å². The molecule has 86 valence electrons. The summed E-state index contributed by atoms with van der Waals surface area (Å²) in [6.45, 7) is 2.38. The van der Waals surface area contributed by atoms with Crippen LogP contribution >= 0.6 is 0 Å². The van der Waals surface area contributed by atoms with E-state index in [0.717, 1.165) is 5.69 Å². The Morgan fingerprint density at radius 1 is 1.62 bits per heavy atom. The molecule has 2 atom stereocenters. The van der Waals surface area contributed by atoms with Crippen LogP contribution < -0.4 is 10.1 Å². The van der Waals surface area contributed by atoms with Gasteiger partial charge in [-0.3, -0.25) is 4.79 Å². The van der Waals surface area contributed by atoms with Crippen LogP contribution in [-0.4, -0.2) is 39.7 Å². The molecular weight excluding hydrogens is 210 g/mol. The average Bonchev–Trinajstić information content (AvgIpc) is 2.66. The fourth-order valence-electron chi connectivity index (χ4n) is 1.65. The van der Waals surface area contributed by atoms with Gasteiger partial charge in [0, 0.05) is 24.7 Å². The van der Waals surface area contributed by atoms with Gasteiger partial charge in [0.2, 0.25) is 5.88 Å². The van der Waals surface area contributed by atoms with E-state index >= 15 is 0 Å². The lowest BCUT2D eigenvalue weighted by Crippen LogP contribution is -2.30. The molecule has 0 radical (unpaired) electrons. The van der Waals surface area contributed by atoms with Crippen molar-refractivity contribution in [3.63, 3.8) is 0 Å². The minimum atomic E-state index is -0.843. The van der Waals surface area contributed by atoms with Crippen LogP contribution in [0.15, 0.2) is 12.4 Å². The summed E-state index contributed by atoms with van der Waals surface area (Å²) < 4.78 is 5.56. The lowest BCUT2D eigenvalue weighted by Gasteiger charge is -2.11. The summed E-state index contributed by atoms with van der Waals surface area (Å²) in [6.07, 6.45) is 1.75. The summed E-state index contributed by atoms with van der Waals surface area (Å²) in [4.78, 5) is 18.6. The molecular formula is C10H13N3O3. The van der Waals surface area contributed by atoms with Crippen molar-refractivity contribution in [1.29, 1.82) is 0 Å². The topological polar surface area (TPSA) is 84.3 Å². The van der Waals surface area contributed by atoms with Gasteiger partial charge in [0.25, 0.3) is 0 Å². The zero-order valence-corrected chi connectivity index (χ0v) is 8.88. The van der Waals surface area contributed by atoms with Crippen molar-refractivity contribution >= 4 is 5.97 Å². The van der Waals surface area contributed by atoms with Crippen LogP contribution in [0.5, 0.6) is 5.88 Å². The Balaban J connectivity index is 1.94. The monoisotopic (exact) mass is 223 g/mol.